The van der Waals surface area contributed by atoms with E-state index < -0.39 is 0 Å². The molecule has 2 aliphatic rings. The molecule has 8 heavy (non-hydrogen) atoms. The van der Waals surface area contributed by atoms with Crippen LogP contribution in [0.5, 0.6) is 0 Å². The van der Waals surface area contributed by atoms with Gasteiger partial charge < -0.3 is 5.32 Å². The van der Waals surface area contributed by atoms with Crippen molar-refractivity contribution in [2.75, 3.05) is 6.54 Å². The van der Waals surface area contributed by atoms with Gasteiger partial charge in [0.2, 0.25) is 0 Å². The highest BCUT2D eigenvalue weighted by Gasteiger charge is 2.38. The van der Waals surface area contributed by atoms with Gasteiger partial charge in [-0.3, -0.25) is 4.99 Å². The van der Waals surface area contributed by atoms with Crippen LogP contribution in [0.25, 0.3) is 0 Å². The largest absolute Gasteiger partial charge is 0.374 e. The monoisotopic (exact) mass is 109 g/mol. The summed E-state index contributed by atoms with van der Waals surface area (Å²) in [5, 5.41) is 3.09. The topological polar surface area (TPSA) is 24.4 Å². The van der Waals surface area contributed by atoms with Crippen molar-refractivity contribution in [2.24, 2.45) is 4.99 Å². The Morgan fingerprint density at radius 3 is 2.75 bits per heavy atom. The highest BCUT2D eigenvalue weighted by molar-refractivity contribution is 5.59. The minimum Gasteiger partial charge on any atom is -0.374 e. The second kappa shape index (κ2) is 1.24. The van der Waals surface area contributed by atoms with Crippen molar-refractivity contribution in [3.05, 3.63) is 6.42 Å². The maximum absolute atomic E-state index is 4.28. The third-order valence-corrected chi connectivity index (χ3v) is 1.92. The van der Waals surface area contributed by atoms with Gasteiger partial charge in [0.25, 0.3) is 0 Å². The molecule has 0 aromatic rings. The van der Waals surface area contributed by atoms with Crippen LogP contribution in [0, 0.1) is 6.42 Å². The Morgan fingerprint density at radius 1 is 1.62 bits per heavy atom. The van der Waals surface area contributed by atoms with Crippen LogP contribution in [0.15, 0.2) is 4.99 Å². The normalized spacial score (nSPS) is 30.0. The molecule has 1 heterocycles. The fraction of sp³-hybridized carbons (Fsp3) is 0.667. The molecule has 0 bridgehead atoms. The second-order valence-electron chi connectivity index (χ2n) is 2.49. The predicted molar refractivity (Wildman–Crippen MR) is 32.8 cm³/mol. The zero-order valence-corrected chi connectivity index (χ0v) is 4.72. The Labute approximate surface area is 49.0 Å². The summed E-state index contributed by atoms with van der Waals surface area (Å²) >= 11 is 0. The van der Waals surface area contributed by atoms with E-state index in [1.54, 1.807) is 0 Å². The molecule has 2 heteroatoms. The third-order valence-electron chi connectivity index (χ3n) is 1.92. The van der Waals surface area contributed by atoms with Crippen molar-refractivity contribution in [3.63, 3.8) is 0 Å². The molecule has 2 rings (SSSR count). The average Bonchev–Trinajstić information content (AvgIpc) is 2.07. The maximum atomic E-state index is 4.28. The van der Waals surface area contributed by atoms with Crippen molar-refractivity contribution >= 4 is 6.34 Å². The SMILES string of the molecule is [CH]1CCC12CNC=N2. The lowest BCUT2D eigenvalue weighted by Gasteiger charge is -2.33. The number of hydrogen-bond acceptors (Lipinski definition) is 2. The Kier molecular flexibility index (Phi) is 0.678. The molecule has 1 atom stereocenters. The number of nitrogens with one attached hydrogen (secondary N) is 1. The zero-order chi connectivity index (χ0) is 5.45. The van der Waals surface area contributed by atoms with Gasteiger partial charge >= 0.3 is 0 Å². The van der Waals surface area contributed by atoms with Gasteiger partial charge in [-0.05, 0) is 19.3 Å². The van der Waals surface area contributed by atoms with E-state index in [2.05, 4.69) is 16.7 Å². The van der Waals surface area contributed by atoms with Gasteiger partial charge in [0.05, 0.1) is 11.9 Å². The highest BCUT2D eigenvalue weighted by atomic mass is 15.1. The molecule has 0 aromatic heterocycles. The van der Waals surface area contributed by atoms with Crippen molar-refractivity contribution in [2.45, 2.75) is 18.4 Å². The first-order valence-electron chi connectivity index (χ1n) is 3.03. The van der Waals surface area contributed by atoms with E-state index in [0.29, 0.717) is 0 Å². The summed E-state index contributed by atoms with van der Waals surface area (Å²) in [6.45, 7) is 1.03. The summed E-state index contributed by atoms with van der Waals surface area (Å²) < 4.78 is 0. The molecule has 2 nitrogen and oxygen atoms in total. The van der Waals surface area contributed by atoms with Crippen LogP contribution in [-0.2, 0) is 0 Å². The first-order chi connectivity index (χ1) is 3.91. The zero-order valence-electron chi connectivity index (χ0n) is 4.72. The second-order valence-corrected chi connectivity index (χ2v) is 2.49. The predicted octanol–water partition coefficient (Wildman–Crippen LogP) is 0.355. The average molecular weight is 109 g/mol. The first-order valence-corrected chi connectivity index (χ1v) is 3.03. The minimum absolute atomic E-state index is 0.250. The van der Waals surface area contributed by atoms with Crippen molar-refractivity contribution in [1.82, 2.24) is 5.32 Å². The molecule has 1 saturated carbocycles. The summed E-state index contributed by atoms with van der Waals surface area (Å²) in [6, 6.07) is 0. The number of nitrogens with zero attached hydrogens (tertiary/aromatic N) is 1. The fourth-order valence-electron chi connectivity index (χ4n) is 1.20. The summed E-state index contributed by atoms with van der Waals surface area (Å²) in [6.07, 6.45) is 6.59. The standard InChI is InChI=1S/C6H9N2/c1-2-6(3-1)4-7-5-8-6/h2,5H,1,3-4H2,(H,7,8). The van der Waals surface area contributed by atoms with Crippen LogP contribution in [-0.4, -0.2) is 18.4 Å². The van der Waals surface area contributed by atoms with Crippen LogP contribution in [0.4, 0.5) is 0 Å². The lowest BCUT2D eigenvalue weighted by atomic mass is 9.78. The lowest BCUT2D eigenvalue weighted by molar-refractivity contribution is 0.373. The van der Waals surface area contributed by atoms with Gasteiger partial charge in [0.1, 0.15) is 0 Å². The fourth-order valence-corrected chi connectivity index (χ4v) is 1.20. The molecule has 1 radical (unpaired) electrons. The Balaban J connectivity index is 2.13. The highest BCUT2D eigenvalue weighted by Crippen LogP contribution is 2.34. The van der Waals surface area contributed by atoms with E-state index in [1.807, 2.05) is 6.34 Å². The third kappa shape index (κ3) is 0.403. The lowest BCUT2D eigenvalue weighted by Crippen LogP contribution is -2.39. The van der Waals surface area contributed by atoms with E-state index in [0.717, 1.165) is 6.54 Å². The molecular weight excluding hydrogens is 100 g/mol. The molecule has 0 aromatic carbocycles. The summed E-state index contributed by atoms with van der Waals surface area (Å²) in [4.78, 5) is 4.28. The van der Waals surface area contributed by atoms with Crippen LogP contribution >= 0.6 is 0 Å². The number of hydrogen-bond donors (Lipinski definition) is 1. The molecule has 43 valence electrons. The van der Waals surface area contributed by atoms with Crippen LogP contribution in [0.2, 0.25) is 0 Å². The smallest absolute Gasteiger partial charge is 0.0832 e. The molecular formula is C6H9N2. The van der Waals surface area contributed by atoms with Crippen molar-refractivity contribution < 1.29 is 0 Å². The summed E-state index contributed by atoms with van der Waals surface area (Å²) in [5.74, 6) is 0. The van der Waals surface area contributed by atoms with Crippen molar-refractivity contribution in [3.8, 4) is 0 Å². The van der Waals surface area contributed by atoms with E-state index in [4.69, 9.17) is 0 Å². The summed E-state index contributed by atoms with van der Waals surface area (Å²) in [7, 11) is 0. The Bertz CT molecular complexity index is 124. The minimum atomic E-state index is 0.250. The van der Waals surface area contributed by atoms with Gasteiger partial charge in [0.15, 0.2) is 0 Å². The van der Waals surface area contributed by atoms with Gasteiger partial charge in [-0.25, -0.2) is 0 Å². The quantitative estimate of drug-likeness (QED) is 0.477. The number of aliphatic imine (C=N–C) groups is 1. The molecule has 1 spiro atoms. The molecule has 1 aliphatic heterocycles. The maximum Gasteiger partial charge on any atom is 0.0832 e. The first kappa shape index (κ1) is 4.36. The number of rotatable bonds is 0. The molecule has 1 unspecified atom stereocenters. The molecule has 1 N–H and O–H groups in total. The van der Waals surface area contributed by atoms with E-state index in [1.165, 1.54) is 12.8 Å². The van der Waals surface area contributed by atoms with Gasteiger partial charge in [0, 0.05) is 6.54 Å². The molecule has 0 saturated heterocycles. The molecule has 0 amide bonds. The van der Waals surface area contributed by atoms with Crippen LogP contribution < -0.4 is 5.32 Å². The Hall–Kier alpha value is -0.530. The van der Waals surface area contributed by atoms with Gasteiger partial charge in [-0.2, -0.15) is 0 Å². The molecule has 1 aliphatic carbocycles. The summed E-state index contributed by atoms with van der Waals surface area (Å²) in [5.41, 5.74) is 0.250. The van der Waals surface area contributed by atoms with Crippen molar-refractivity contribution in [1.29, 1.82) is 0 Å². The van der Waals surface area contributed by atoms with E-state index >= 15 is 0 Å². The Morgan fingerprint density at radius 2 is 2.50 bits per heavy atom. The van der Waals surface area contributed by atoms with Gasteiger partial charge in [-0.1, -0.05) is 0 Å². The molecule has 1 fully saturated rings. The van der Waals surface area contributed by atoms with Crippen LogP contribution in [0.3, 0.4) is 0 Å². The van der Waals surface area contributed by atoms with E-state index in [-0.39, 0.29) is 5.54 Å². The van der Waals surface area contributed by atoms with E-state index in [9.17, 15) is 0 Å². The van der Waals surface area contributed by atoms with Crippen LogP contribution in [0.1, 0.15) is 12.8 Å². The van der Waals surface area contributed by atoms with Gasteiger partial charge in [-0.15, -0.1) is 0 Å².